The fourth-order valence-electron chi connectivity index (χ4n) is 1.86. The molecule has 0 saturated carbocycles. The molecule has 0 amide bonds. The fraction of sp³-hybridized carbons (Fsp3) is 0.727. The van der Waals surface area contributed by atoms with Crippen molar-refractivity contribution in [3.63, 3.8) is 0 Å². The molecule has 1 aromatic rings. The van der Waals surface area contributed by atoms with E-state index < -0.39 is 0 Å². The number of nitrogens with zero attached hydrogens (tertiary/aromatic N) is 4. The molecule has 2 rings (SSSR count). The highest BCUT2D eigenvalue weighted by atomic mass is 16.5. The van der Waals surface area contributed by atoms with Gasteiger partial charge in [-0.2, -0.15) is 15.0 Å². The maximum Gasteiger partial charge on any atom is 0.231 e. The highest BCUT2D eigenvalue weighted by Crippen LogP contribution is 2.16. The third-order valence-corrected chi connectivity index (χ3v) is 2.90. The maximum absolute atomic E-state index is 5.64. The van der Waals surface area contributed by atoms with Gasteiger partial charge in [0.05, 0.1) is 0 Å². The summed E-state index contributed by atoms with van der Waals surface area (Å²) in [6, 6.07) is 0. The summed E-state index contributed by atoms with van der Waals surface area (Å²) in [5.74, 6) is 1.98. The number of anilines is 3. The van der Waals surface area contributed by atoms with Gasteiger partial charge in [-0.25, -0.2) is 0 Å². The number of nitrogens with two attached hydrogens (primary N) is 1. The summed E-state index contributed by atoms with van der Waals surface area (Å²) in [5.41, 5.74) is 5.64. The number of rotatable bonds is 5. The lowest BCUT2D eigenvalue weighted by Gasteiger charge is -2.13. The molecule has 18 heavy (non-hydrogen) atoms. The number of aromatic nitrogens is 3. The zero-order valence-electron chi connectivity index (χ0n) is 10.9. The summed E-state index contributed by atoms with van der Waals surface area (Å²) in [5, 5.41) is 3.18. The van der Waals surface area contributed by atoms with E-state index in [9.17, 15) is 0 Å². The summed E-state index contributed by atoms with van der Waals surface area (Å²) in [6.07, 6.45) is 2.20. The molecule has 2 heterocycles. The third kappa shape index (κ3) is 3.43. The van der Waals surface area contributed by atoms with E-state index in [0.717, 1.165) is 32.6 Å². The van der Waals surface area contributed by atoms with E-state index >= 15 is 0 Å². The minimum absolute atomic E-state index is 0.236. The third-order valence-electron chi connectivity index (χ3n) is 2.90. The number of hydrogen-bond acceptors (Lipinski definition) is 7. The van der Waals surface area contributed by atoms with Gasteiger partial charge < -0.3 is 20.7 Å². The molecule has 1 aliphatic rings. The first kappa shape index (κ1) is 12.8. The summed E-state index contributed by atoms with van der Waals surface area (Å²) in [6.45, 7) is 2.57. The summed E-state index contributed by atoms with van der Waals surface area (Å²) in [4.78, 5) is 14.2. The molecular formula is C11H20N6O. The summed E-state index contributed by atoms with van der Waals surface area (Å²) < 4.78 is 5.33. The Balaban J connectivity index is 1.88. The second kappa shape index (κ2) is 5.81. The standard InChI is InChI=1S/C11H20N6O/c1-17(2)11-15-9(12)14-10(16-11)13-5-3-8-4-6-18-7-8/h8H,3-7H2,1-2H3,(H3,12,13,14,15,16). The molecule has 1 aliphatic heterocycles. The second-order valence-electron chi connectivity index (χ2n) is 4.66. The van der Waals surface area contributed by atoms with Crippen LogP contribution in [0.2, 0.25) is 0 Å². The van der Waals surface area contributed by atoms with Gasteiger partial charge in [0.15, 0.2) is 0 Å². The van der Waals surface area contributed by atoms with Gasteiger partial charge in [-0.05, 0) is 18.8 Å². The highest BCUT2D eigenvalue weighted by Gasteiger charge is 2.15. The number of ether oxygens (including phenoxy) is 1. The molecule has 1 fully saturated rings. The quantitative estimate of drug-likeness (QED) is 0.782. The van der Waals surface area contributed by atoms with Crippen LogP contribution in [-0.4, -0.2) is 48.8 Å². The van der Waals surface area contributed by atoms with Crippen molar-refractivity contribution in [2.75, 3.05) is 49.8 Å². The van der Waals surface area contributed by atoms with E-state index in [4.69, 9.17) is 10.5 Å². The number of hydrogen-bond donors (Lipinski definition) is 2. The van der Waals surface area contributed by atoms with Crippen molar-refractivity contribution in [1.82, 2.24) is 15.0 Å². The van der Waals surface area contributed by atoms with Crippen molar-refractivity contribution in [2.24, 2.45) is 5.92 Å². The van der Waals surface area contributed by atoms with Crippen molar-refractivity contribution in [3.05, 3.63) is 0 Å². The Hall–Kier alpha value is -1.63. The van der Waals surface area contributed by atoms with Crippen LogP contribution in [-0.2, 0) is 4.74 Å². The van der Waals surface area contributed by atoms with Crippen molar-refractivity contribution in [3.8, 4) is 0 Å². The van der Waals surface area contributed by atoms with Gasteiger partial charge in [0.1, 0.15) is 0 Å². The van der Waals surface area contributed by atoms with Gasteiger partial charge in [-0.3, -0.25) is 0 Å². The Morgan fingerprint density at radius 3 is 2.89 bits per heavy atom. The van der Waals surface area contributed by atoms with Crippen molar-refractivity contribution in [2.45, 2.75) is 12.8 Å². The highest BCUT2D eigenvalue weighted by molar-refractivity contribution is 5.40. The van der Waals surface area contributed by atoms with Crippen LogP contribution >= 0.6 is 0 Å². The first-order valence-electron chi connectivity index (χ1n) is 6.15. The van der Waals surface area contributed by atoms with E-state index in [1.165, 1.54) is 0 Å². The van der Waals surface area contributed by atoms with E-state index in [1.54, 1.807) is 4.90 Å². The second-order valence-corrected chi connectivity index (χ2v) is 4.66. The Kier molecular flexibility index (Phi) is 4.14. The van der Waals surface area contributed by atoms with Crippen molar-refractivity contribution < 1.29 is 4.74 Å². The average Bonchev–Trinajstić information content (AvgIpc) is 2.81. The molecule has 0 bridgehead atoms. The molecule has 0 aromatic carbocycles. The van der Waals surface area contributed by atoms with E-state index in [0.29, 0.717) is 17.8 Å². The molecule has 7 nitrogen and oxygen atoms in total. The average molecular weight is 252 g/mol. The summed E-state index contributed by atoms with van der Waals surface area (Å²) in [7, 11) is 3.74. The predicted molar refractivity (Wildman–Crippen MR) is 70.6 cm³/mol. The maximum atomic E-state index is 5.64. The normalized spacial score (nSPS) is 18.9. The largest absolute Gasteiger partial charge is 0.381 e. The van der Waals surface area contributed by atoms with Gasteiger partial charge >= 0.3 is 0 Å². The van der Waals surface area contributed by atoms with Crippen LogP contribution in [0.4, 0.5) is 17.8 Å². The lowest BCUT2D eigenvalue weighted by atomic mass is 10.1. The van der Waals surface area contributed by atoms with Crippen molar-refractivity contribution >= 4 is 17.8 Å². The molecular weight excluding hydrogens is 232 g/mol. The van der Waals surface area contributed by atoms with Gasteiger partial charge in [0.25, 0.3) is 0 Å². The van der Waals surface area contributed by atoms with Gasteiger partial charge in [-0.15, -0.1) is 0 Å². The van der Waals surface area contributed by atoms with Crippen molar-refractivity contribution in [1.29, 1.82) is 0 Å². The predicted octanol–water partition coefficient (Wildman–Crippen LogP) is 0.358. The first-order valence-corrected chi connectivity index (χ1v) is 6.15. The van der Waals surface area contributed by atoms with E-state index in [2.05, 4.69) is 20.3 Å². The van der Waals surface area contributed by atoms with Crippen LogP contribution in [0.15, 0.2) is 0 Å². The summed E-state index contributed by atoms with van der Waals surface area (Å²) >= 11 is 0. The smallest absolute Gasteiger partial charge is 0.231 e. The van der Waals surface area contributed by atoms with E-state index in [-0.39, 0.29) is 5.95 Å². The number of nitrogens with one attached hydrogen (secondary N) is 1. The van der Waals surface area contributed by atoms with Crippen LogP contribution in [0.1, 0.15) is 12.8 Å². The SMILES string of the molecule is CN(C)c1nc(N)nc(NCCC2CCOC2)n1. The van der Waals surface area contributed by atoms with Crippen LogP contribution < -0.4 is 16.0 Å². The molecule has 3 N–H and O–H groups in total. The topological polar surface area (TPSA) is 89.2 Å². The Labute approximate surface area is 107 Å². The minimum Gasteiger partial charge on any atom is -0.381 e. The lowest BCUT2D eigenvalue weighted by molar-refractivity contribution is 0.185. The van der Waals surface area contributed by atoms with E-state index in [1.807, 2.05) is 14.1 Å². The monoisotopic (exact) mass is 252 g/mol. The molecule has 0 spiro atoms. The van der Waals surface area contributed by atoms with Crippen LogP contribution in [0.3, 0.4) is 0 Å². The molecule has 1 aromatic heterocycles. The van der Waals surface area contributed by atoms with Crippen LogP contribution in [0.5, 0.6) is 0 Å². The molecule has 0 aliphatic carbocycles. The van der Waals surface area contributed by atoms with Gasteiger partial charge in [0, 0.05) is 33.9 Å². The molecule has 100 valence electrons. The molecule has 1 saturated heterocycles. The molecule has 7 heteroatoms. The zero-order chi connectivity index (χ0) is 13.0. The Bertz CT molecular complexity index is 391. The fourth-order valence-corrected chi connectivity index (χ4v) is 1.86. The minimum atomic E-state index is 0.236. The van der Waals surface area contributed by atoms with Gasteiger partial charge in [-0.1, -0.05) is 0 Å². The molecule has 0 radical (unpaired) electrons. The Morgan fingerprint density at radius 2 is 2.22 bits per heavy atom. The zero-order valence-corrected chi connectivity index (χ0v) is 10.9. The van der Waals surface area contributed by atoms with Gasteiger partial charge in [0.2, 0.25) is 17.8 Å². The lowest BCUT2D eigenvalue weighted by Crippen LogP contribution is -2.17. The Morgan fingerprint density at radius 1 is 1.39 bits per heavy atom. The molecule has 1 atom stereocenters. The number of nitrogen functional groups attached to an aromatic ring is 1. The first-order chi connectivity index (χ1) is 8.65. The van der Waals surface area contributed by atoms with Crippen LogP contribution in [0.25, 0.3) is 0 Å². The van der Waals surface area contributed by atoms with Crippen LogP contribution in [0, 0.1) is 5.92 Å². The molecule has 1 unspecified atom stereocenters.